The molecule has 170 valence electrons. The molecule has 0 saturated heterocycles. The molecule has 33 heavy (non-hydrogen) atoms. The lowest BCUT2D eigenvalue weighted by molar-refractivity contribution is -0.117. The number of hydrogen-bond acceptors (Lipinski definition) is 5. The number of carbonyl (C=O) groups excluding carboxylic acids is 1. The van der Waals surface area contributed by atoms with E-state index in [1.54, 1.807) is 12.3 Å². The summed E-state index contributed by atoms with van der Waals surface area (Å²) < 4.78 is 56.5. The van der Waals surface area contributed by atoms with E-state index in [1.165, 1.54) is 6.07 Å². The second kappa shape index (κ2) is 7.52. The van der Waals surface area contributed by atoms with E-state index in [0.717, 1.165) is 25.0 Å². The number of amides is 1. The first-order chi connectivity index (χ1) is 15.7. The van der Waals surface area contributed by atoms with Gasteiger partial charge in [-0.05, 0) is 61.1 Å². The minimum absolute atomic E-state index is 0.0485. The van der Waals surface area contributed by atoms with Crippen LogP contribution in [0.4, 0.5) is 20.3 Å². The molecule has 0 bridgehead atoms. The first-order valence-corrected chi connectivity index (χ1v) is 12.0. The molecule has 2 aromatic heterocycles. The average Bonchev–Trinajstić information content (AvgIpc) is 3.68. The van der Waals surface area contributed by atoms with Gasteiger partial charge in [0.25, 0.3) is 0 Å². The number of carbonyl (C=O) groups is 1. The molecule has 2 aliphatic carbocycles. The first kappa shape index (κ1) is 21.3. The van der Waals surface area contributed by atoms with E-state index in [4.69, 9.17) is 5.26 Å². The quantitative estimate of drug-likeness (QED) is 0.482. The summed E-state index contributed by atoms with van der Waals surface area (Å²) in [5.74, 6) is -2.68. The summed E-state index contributed by atoms with van der Waals surface area (Å²) in [6, 6.07) is 7.21. The highest BCUT2D eigenvalue weighted by Gasteiger charge is 2.47. The van der Waals surface area contributed by atoms with Crippen molar-refractivity contribution in [1.29, 1.82) is 5.26 Å². The maximum absolute atomic E-state index is 14.9. The summed E-state index contributed by atoms with van der Waals surface area (Å²) in [5.41, 5.74) is -0.792. The summed E-state index contributed by atoms with van der Waals surface area (Å²) in [7, 11) is -4.13. The van der Waals surface area contributed by atoms with Crippen molar-refractivity contribution >= 4 is 38.5 Å². The van der Waals surface area contributed by atoms with Crippen LogP contribution in [0.5, 0.6) is 0 Å². The van der Waals surface area contributed by atoms with Crippen molar-refractivity contribution in [3.63, 3.8) is 0 Å². The third-order valence-corrected chi connectivity index (χ3v) is 7.34. The van der Waals surface area contributed by atoms with Crippen LogP contribution in [0.2, 0.25) is 0 Å². The number of benzene rings is 1. The van der Waals surface area contributed by atoms with Crippen molar-refractivity contribution in [2.24, 2.45) is 11.3 Å². The highest BCUT2D eigenvalue weighted by Crippen LogP contribution is 2.46. The molecule has 2 fully saturated rings. The molecule has 11 heteroatoms. The lowest BCUT2D eigenvalue weighted by Gasteiger charge is -2.14. The number of nitriles is 1. The number of rotatable bonds is 7. The van der Waals surface area contributed by atoms with Crippen molar-refractivity contribution < 1.29 is 22.0 Å². The molecule has 0 unspecified atom stereocenters. The fraction of sp³-hybridized carbons (Fsp3) is 0.318. The van der Waals surface area contributed by atoms with Crippen molar-refractivity contribution in [3.05, 3.63) is 42.1 Å². The number of fused-ring (bicyclic) bond motifs is 1. The van der Waals surface area contributed by atoms with Crippen molar-refractivity contribution in [2.45, 2.75) is 25.7 Å². The summed E-state index contributed by atoms with van der Waals surface area (Å²) >= 11 is 0. The van der Waals surface area contributed by atoms with Crippen LogP contribution in [-0.2, 0) is 14.8 Å². The van der Waals surface area contributed by atoms with E-state index in [2.05, 4.69) is 15.3 Å². The van der Waals surface area contributed by atoms with Gasteiger partial charge in [-0.25, -0.2) is 22.2 Å². The van der Waals surface area contributed by atoms with E-state index in [1.807, 2.05) is 10.8 Å². The van der Waals surface area contributed by atoms with Crippen molar-refractivity contribution in [3.8, 4) is 17.2 Å². The number of halogens is 2. The third kappa shape index (κ3) is 4.26. The zero-order valence-corrected chi connectivity index (χ0v) is 18.1. The van der Waals surface area contributed by atoms with Crippen LogP contribution < -0.4 is 10.0 Å². The number of nitrogens with zero attached hydrogens (tertiary/aromatic N) is 2. The van der Waals surface area contributed by atoms with Crippen LogP contribution in [-0.4, -0.2) is 30.0 Å². The van der Waals surface area contributed by atoms with Crippen LogP contribution in [0.25, 0.3) is 22.2 Å². The van der Waals surface area contributed by atoms with E-state index in [0.29, 0.717) is 29.4 Å². The van der Waals surface area contributed by atoms with E-state index in [-0.39, 0.29) is 23.2 Å². The Morgan fingerprint density at radius 1 is 1.24 bits per heavy atom. The largest absolute Gasteiger partial charge is 0.346 e. The summed E-state index contributed by atoms with van der Waals surface area (Å²) in [5, 5.41) is 12.4. The number of hydrogen-bond donors (Lipinski definition) is 3. The van der Waals surface area contributed by atoms with Gasteiger partial charge in [-0.1, -0.05) is 0 Å². The Kier molecular flexibility index (Phi) is 4.86. The van der Waals surface area contributed by atoms with Gasteiger partial charge in [0.05, 0.1) is 17.2 Å². The molecule has 1 aromatic carbocycles. The summed E-state index contributed by atoms with van der Waals surface area (Å²) in [6.45, 7) is 0. The molecule has 8 nitrogen and oxygen atoms in total. The molecule has 2 heterocycles. The molecule has 3 aromatic rings. The first-order valence-electron chi connectivity index (χ1n) is 10.4. The molecule has 3 N–H and O–H groups in total. The third-order valence-electron chi connectivity index (χ3n) is 5.90. The molecule has 2 saturated carbocycles. The Bertz CT molecular complexity index is 1410. The zero-order chi connectivity index (χ0) is 23.4. The molecule has 1 amide bonds. The van der Waals surface area contributed by atoms with E-state index in [9.17, 15) is 22.0 Å². The second-order valence-electron chi connectivity index (χ2n) is 8.63. The molecule has 0 spiro atoms. The minimum Gasteiger partial charge on any atom is -0.346 e. The SMILES string of the molecule is N#CC1(CS(=O)(=O)Nc2c(F)cc(-c3cc(NC(=O)C4CC4)nc4[nH]ccc34)cc2F)CC1. The monoisotopic (exact) mass is 471 g/mol. The van der Waals surface area contributed by atoms with Crippen molar-refractivity contribution in [1.82, 2.24) is 9.97 Å². The second-order valence-corrected chi connectivity index (χ2v) is 10.3. The lowest BCUT2D eigenvalue weighted by atomic mass is 10.0. The van der Waals surface area contributed by atoms with Gasteiger partial charge in [0.1, 0.15) is 17.2 Å². The molecule has 2 aliphatic rings. The Morgan fingerprint density at radius 3 is 2.55 bits per heavy atom. The van der Waals surface area contributed by atoms with Crippen LogP contribution in [0.3, 0.4) is 0 Å². The predicted molar refractivity (Wildman–Crippen MR) is 117 cm³/mol. The van der Waals surface area contributed by atoms with Gasteiger partial charge in [-0.15, -0.1) is 0 Å². The van der Waals surface area contributed by atoms with Gasteiger partial charge < -0.3 is 10.3 Å². The van der Waals surface area contributed by atoms with Crippen LogP contribution in [0.15, 0.2) is 30.5 Å². The molecular weight excluding hydrogens is 452 g/mol. The highest BCUT2D eigenvalue weighted by atomic mass is 32.2. The maximum Gasteiger partial charge on any atom is 0.234 e. The molecule has 0 atom stereocenters. The number of anilines is 2. The lowest BCUT2D eigenvalue weighted by Crippen LogP contribution is -2.24. The van der Waals surface area contributed by atoms with E-state index >= 15 is 0 Å². The van der Waals surface area contributed by atoms with Crippen LogP contribution in [0, 0.1) is 34.3 Å². The molecule has 0 aliphatic heterocycles. The van der Waals surface area contributed by atoms with Gasteiger partial charge in [0, 0.05) is 17.5 Å². The van der Waals surface area contributed by atoms with Gasteiger partial charge in [-0.3, -0.25) is 9.52 Å². The number of aromatic nitrogens is 2. The average molecular weight is 471 g/mol. The van der Waals surface area contributed by atoms with Gasteiger partial charge in [0.15, 0.2) is 11.6 Å². The predicted octanol–water partition coefficient (Wildman–Crippen LogP) is 3.90. The van der Waals surface area contributed by atoms with Crippen LogP contribution >= 0.6 is 0 Å². The Labute approximate surface area is 188 Å². The number of sulfonamides is 1. The fourth-order valence-corrected chi connectivity index (χ4v) is 5.39. The maximum atomic E-state index is 14.9. The van der Waals surface area contributed by atoms with Gasteiger partial charge >= 0.3 is 0 Å². The topological polar surface area (TPSA) is 128 Å². The molecule has 0 radical (unpaired) electrons. The number of aromatic amines is 1. The Morgan fingerprint density at radius 2 is 1.94 bits per heavy atom. The van der Waals surface area contributed by atoms with Gasteiger partial charge in [-0.2, -0.15) is 5.26 Å². The van der Waals surface area contributed by atoms with Crippen molar-refractivity contribution in [2.75, 3.05) is 15.8 Å². The Balaban J connectivity index is 1.48. The highest BCUT2D eigenvalue weighted by molar-refractivity contribution is 7.92. The Hall–Kier alpha value is -3.52. The smallest absolute Gasteiger partial charge is 0.234 e. The molecule has 5 rings (SSSR count). The zero-order valence-electron chi connectivity index (χ0n) is 17.3. The summed E-state index contributed by atoms with van der Waals surface area (Å²) in [6.07, 6.45) is 4.11. The van der Waals surface area contributed by atoms with Gasteiger partial charge in [0.2, 0.25) is 15.9 Å². The minimum atomic E-state index is -4.13. The fourth-order valence-electron chi connectivity index (χ4n) is 3.74. The molecular formula is C22H19F2N5O3S. The van der Waals surface area contributed by atoms with E-state index < -0.39 is 38.5 Å². The normalized spacial score (nSPS) is 16.9. The number of H-pyrrole nitrogens is 1. The van der Waals surface area contributed by atoms with Crippen LogP contribution in [0.1, 0.15) is 25.7 Å². The standard InChI is InChI=1S/C22H19F2N5O3S/c23-16-7-13(8-17(24)19(16)29-33(31,32)11-22(10-25)4-5-22)15-9-18(28-21(30)12-1-2-12)27-20-14(15)3-6-26-20/h3,6-9,12,29H,1-2,4-5,11H2,(H2,26,27,28,30). The number of pyridine rings is 1. The summed E-state index contributed by atoms with van der Waals surface area (Å²) in [4.78, 5) is 19.4. The number of nitrogens with one attached hydrogen (secondary N) is 3.